The second kappa shape index (κ2) is 7.55. The van der Waals surface area contributed by atoms with Crippen LogP contribution in [0.5, 0.6) is 0 Å². The summed E-state index contributed by atoms with van der Waals surface area (Å²) in [7, 11) is 4.03. The highest BCUT2D eigenvalue weighted by Gasteiger charge is 2.53. The van der Waals surface area contributed by atoms with Gasteiger partial charge >= 0.3 is 0 Å². The van der Waals surface area contributed by atoms with E-state index in [9.17, 15) is 0 Å². The van der Waals surface area contributed by atoms with Crippen molar-refractivity contribution in [3.8, 4) is 0 Å². The second-order valence-corrected chi connectivity index (χ2v) is 8.05. The van der Waals surface area contributed by atoms with Gasteiger partial charge in [-0.05, 0) is 20.8 Å². The minimum Gasteiger partial charge on any atom is -0.356 e. The first kappa shape index (κ1) is 20.5. The van der Waals surface area contributed by atoms with Gasteiger partial charge in [-0.25, -0.2) is 9.98 Å². The highest BCUT2D eigenvalue weighted by molar-refractivity contribution is 14.0. The predicted molar refractivity (Wildman–Crippen MR) is 111 cm³/mol. The fraction of sp³-hybridized carbons (Fsp3) is 0.750. The molecule has 0 bridgehead atoms. The second-order valence-electron chi connectivity index (χ2n) is 7.22. The maximum Gasteiger partial charge on any atom is 0.194 e. The van der Waals surface area contributed by atoms with Gasteiger partial charge in [-0.1, -0.05) is 13.8 Å². The van der Waals surface area contributed by atoms with Gasteiger partial charge in [0, 0.05) is 43.5 Å². The number of aliphatic imine (C=N–C) groups is 1. The first-order chi connectivity index (χ1) is 10.2. The summed E-state index contributed by atoms with van der Waals surface area (Å²) in [5.74, 6) is 0.992. The van der Waals surface area contributed by atoms with Gasteiger partial charge in [0.25, 0.3) is 0 Å². The van der Waals surface area contributed by atoms with Crippen LogP contribution in [0.15, 0.2) is 10.4 Å². The molecule has 1 aliphatic heterocycles. The lowest BCUT2D eigenvalue weighted by molar-refractivity contribution is -0.0667. The Labute approximate surface area is 161 Å². The van der Waals surface area contributed by atoms with Crippen molar-refractivity contribution >= 4 is 46.4 Å². The van der Waals surface area contributed by atoms with Gasteiger partial charge < -0.3 is 15.1 Å². The number of hydrogen-bond donors (Lipinski definition) is 1. The van der Waals surface area contributed by atoms with E-state index in [4.69, 9.17) is 4.99 Å². The fourth-order valence-corrected chi connectivity index (χ4v) is 3.27. The molecule has 0 aromatic carbocycles. The van der Waals surface area contributed by atoms with Crippen LogP contribution in [0, 0.1) is 5.41 Å². The van der Waals surface area contributed by atoms with Crippen LogP contribution < -0.4 is 10.2 Å². The van der Waals surface area contributed by atoms with Crippen molar-refractivity contribution in [2.24, 2.45) is 10.4 Å². The quantitative estimate of drug-likeness (QED) is 0.433. The Morgan fingerprint density at radius 3 is 2.48 bits per heavy atom. The Bertz CT molecular complexity index is 550. The lowest BCUT2D eigenvalue weighted by atomic mass is 9.65. The summed E-state index contributed by atoms with van der Waals surface area (Å²) in [6, 6.07) is 0. The standard InChI is InChI=1S/C16H29N5S.HI/c1-8-17-13(21-11-15(2,3)16(21,4)5)18-9-12-10-22-14(19-12)20(6)7;/h10H,8-9,11H2,1-7H3,(H,17,18);1H. The molecule has 1 aromatic heterocycles. The number of hydrogen-bond acceptors (Lipinski definition) is 4. The smallest absolute Gasteiger partial charge is 0.194 e. The number of halogens is 1. The van der Waals surface area contributed by atoms with E-state index in [1.807, 2.05) is 19.0 Å². The van der Waals surface area contributed by atoms with Crippen LogP contribution in [0.3, 0.4) is 0 Å². The van der Waals surface area contributed by atoms with Crippen LogP contribution in [0.2, 0.25) is 0 Å². The highest BCUT2D eigenvalue weighted by atomic mass is 127. The van der Waals surface area contributed by atoms with E-state index in [1.54, 1.807) is 11.3 Å². The predicted octanol–water partition coefficient (Wildman–Crippen LogP) is 3.41. The molecule has 0 unspecified atom stereocenters. The van der Waals surface area contributed by atoms with Gasteiger partial charge in [0.1, 0.15) is 0 Å². The molecule has 0 aliphatic carbocycles. The molecule has 2 rings (SSSR count). The van der Waals surface area contributed by atoms with Gasteiger partial charge in [-0.2, -0.15) is 0 Å². The minimum atomic E-state index is 0. The Kier molecular flexibility index (Phi) is 6.72. The van der Waals surface area contributed by atoms with Crippen molar-refractivity contribution in [1.82, 2.24) is 15.2 Å². The van der Waals surface area contributed by atoms with Crippen LogP contribution in [-0.2, 0) is 6.54 Å². The summed E-state index contributed by atoms with van der Waals surface area (Å²) < 4.78 is 0. The third-order valence-corrected chi connectivity index (χ3v) is 5.85. The normalized spacial score (nSPS) is 18.9. The zero-order valence-corrected chi connectivity index (χ0v) is 18.5. The Balaban J connectivity index is 0.00000264. The number of guanidine groups is 1. The minimum absolute atomic E-state index is 0. The third-order valence-electron chi connectivity index (χ3n) is 4.79. The topological polar surface area (TPSA) is 43.8 Å². The number of rotatable bonds is 4. The van der Waals surface area contributed by atoms with Crippen molar-refractivity contribution in [2.45, 2.75) is 46.7 Å². The van der Waals surface area contributed by atoms with Crippen LogP contribution in [0.1, 0.15) is 40.3 Å². The highest BCUT2D eigenvalue weighted by Crippen LogP contribution is 2.46. The van der Waals surface area contributed by atoms with Gasteiger partial charge in [0.15, 0.2) is 11.1 Å². The van der Waals surface area contributed by atoms with E-state index in [2.05, 4.69) is 55.2 Å². The number of aromatic nitrogens is 1. The molecule has 1 saturated heterocycles. The molecule has 2 heterocycles. The van der Waals surface area contributed by atoms with Crippen molar-refractivity contribution in [1.29, 1.82) is 0 Å². The maximum atomic E-state index is 4.80. The molecule has 0 radical (unpaired) electrons. The maximum absolute atomic E-state index is 4.80. The number of thiazole rings is 1. The SMILES string of the molecule is CCNC(=NCc1csc(N(C)C)n1)N1CC(C)(C)C1(C)C.I. The summed E-state index contributed by atoms with van der Waals surface area (Å²) in [5.41, 5.74) is 1.45. The summed E-state index contributed by atoms with van der Waals surface area (Å²) in [4.78, 5) is 13.8. The summed E-state index contributed by atoms with van der Waals surface area (Å²) in [6.07, 6.45) is 0. The Morgan fingerprint density at radius 2 is 2.04 bits per heavy atom. The lowest BCUT2D eigenvalue weighted by Crippen LogP contribution is -2.72. The van der Waals surface area contributed by atoms with Crippen LogP contribution in [0.4, 0.5) is 5.13 Å². The van der Waals surface area contributed by atoms with Crippen LogP contribution in [-0.4, -0.2) is 48.6 Å². The number of likely N-dealkylation sites (tertiary alicyclic amines) is 1. The van der Waals surface area contributed by atoms with Gasteiger partial charge in [-0.15, -0.1) is 35.3 Å². The Morgan fingerprint density at radius 1 is 1.39 bits per heavy atom. The van der Waals surface area contributed by atoms with Crippen molar-refractivity contribution in [3.05, 3.63) is 11.1 Å². The lowest BCUT2D eigenvalue weighted by Gasteiger charge is -2.62. The van der Waals surface area contributed by atoms with E-state index in [1.165, 1.54) is 0 Å². The number of nitrogens with one attached hydrogen (secondary N) is 1. The van der Waals surface area contributed by atoms with E-state index < -0.39 is 0 Å². The molecule has 0 spiro atoms. The molecule has 132 valence electrons. The number of anilines is 1. The monoisotopic (exact) mass is 451 g/mol. The van der Waals surface area contributed by atoms with Crippen molar-refractivity contribution in [3.63, 3.8) is 0 Å². The zero-order valence-electron chi connectivity index (χ0n) is 15.3. The summed E-state index contributed by atoms with van der Waals surface area (Å²) >= 11 is 1.66. The van der Waals surface area contributed by atoms with E-state index in [-0.39, 0.29) is 29.5 Å². The first-order valence-electron chi connectivity index (χ1n) is 7.86. The summed E-state index contributed by atoms with van der Waals surface area (Å²) in [5, 5.41) is 6.54. The molecule has 1 aliphatic rings. The average molecular weight is 451 g/mol. The molecule has 0 amide bonds. The largest absolute Gasteiger partial charge is 0.356 e. The molecule has 1 N–H and O–H groups in total. The van der Waals surface area contributed by atoms with Gasteiger partial charge in [0.2, 0.25) is 0 Å². The molecular weight excluding hydrogens is 421 g/mol. The molecule has 5 nitrogen and oxygen atoms in total. The third kappa shape index (κ3) is 4.10. The Hall–Kier alpha value is -0.570. The molecule has 1 fully saturated rings. The first-order valence-corrected chi connectivity index (χ1v) is 8.74. The van der Waals surface area contributed by atoms with Crippen molar-refractivity contribution < 1.29 is 0 Å². The van der Waals surface area contributed by atoms with Gasteiger partial charge in [0.05, 0.1) is 12.2 Å². The van der Waals surface area contributed by atoms with E-state index >= 15 is 0 Å². The average Bonchev–Trinajstić information content (AvgIpc) is 2.90. The van der Waals surface area contributed by atoms with Crippen molar-refractivity contribution in [2.75, 3.05) is 32.1 Å². The van der Waals surface area contributed by atoms with Gasteiger partial charge in [-0.3, -0.25) is 0 Å². The molecule has 1 aromatic rings. The zero-order chi connectivity index (χ0) is 16.5. The molecule has 0 saturated carbocycles. The fourth-order valence-electron chi connectivity index (χ4n) is 2.53. The van der Waals surface area contributed by atoms with Crippen LogP contribution in [0.25, 0.3) is 0 Å². The van der Waals surface area contributed by atoms with Crippen LogP contribution >= 0.6 is 35.3 Å². The molecule has 0 atom stereocenters. The summed E-state index contributed by atoms with van der Waals surface area (Å²) in [6.45, 7) is 13.9. The molecule has 7 heteroatoms. The molecule has 23 heavy (non-hydrogen) atoms. The van der Waals surface area contributed by atoms with E-state index in [0.29, 0.717) is 12.0 Å². The number of nitrogens with zero attached hydrogens (tertiary/aromatic N) is 4. The van der Waals surface area contributed by atoms with E-state index in [0.717, 1.165) is 29.9 Å². The molecular formula is C16H30IN5S.